The lowest BCUT2D eigenvalue weighted by atomic mass is 9.94. The quantitative estimate of drug-likeness (QED) is 0.506. The van der Waals surface area contributed by atoms with E-state index in [1.807, 2.05) is 0 Å². The van der Waals surface area contributed by atoms with Crippen LogP contribution in [0.4, 0.5) is 0 Å². The summed E-state index contributed by atoms with van der Waals surface area (Å²) in [6, 6.07) is 0. The Balaban J connectivity index is 2.54. The van der Waals surface area contributed by atoms with Gasteiger partial charge in [-0.05, 0) is 32.1 Å². The molecule has 0 aromatic heterocycles. The molecule has 0 spiro atoms. The summed E-state index contributed by atoms with van der Waals surface area (Å²) < 4.78 is 0. The predicted molar refractivity (Wildman–Crippen MR) is 55.1 cm³/mol. The Hall–Kier alpha value is -0.520. The highest BCUT2D eigenvalue weighted by Crippen LogP contribution is 2.19. The first-order valence-electron chi connectivity index (χ1n) is 5.14. The van der Waals surface area contributed by atoms with E-state index >= 15 is 0 Å². The molecule has 0 aromatic carbocycles. The zero-order valence-corrected chi connectivity index (χ0v) is 8.34. The first-order valence-corrected chi connectivity index (χ1v) is 5.14. The lowest BCUT2D eigenvalue weighted by molar-refractivity contribution is 0.545. The van der Waals surface area contributed by atoms with Crippen molar-refractivity contribution in [3.05, 3.63) is 23.8 Å². The van der Waals surface area contributed by atoms with Crippen LogP contribution in [-0.4, -0.2) is 0 Å². The van der Waals surface area contributed by atoms with Gasteiger partial charge in [0, 0.05) is 0 Å². The molecule has 0 aromatic rings. The summed E-state index contributed by atoms with van der Waals surface area (Å²) in [5.74, 6) is 0.785. The van der Waals surface area contributed by atoms with Gasteiger partial charge in [-0.15, -0.1) is 0 Å². The summed E-state index contributed by atoms with van der Waals surface area (Å²) in [5, 5.41) is 0. The van der Waals surface area contributed by atoms with Gasteiger partial charge in [0.1, 0.15) is 0 Å². The molecule has 0 amide bonds. The van der Waals surface area contributed by atoms with E-state index in [1.165, 1.54) is 37.7 Å². The highest BCUT2D eigenvalue weighted by atomic mass is 14.1. The highest BCUT2D eigenvalue weighted by molar-refractivity contribution is 5.12. The third-order valence-corrected chi connectivity index (χ3v) is 2.78. The molecular formula is C12H20. The lowest BCUT2D eigenvalue weighted by Crippen LogP contribution is -1.96. The molecule has 0 N–H and O–H groups in total. The minimum absolute atomic E-state index is 0.785. The third kappa shape index (κ3) is 3.25. The SMILES string of the molecule is C/C1=C/C=C\CCCCCC1C. The molecule has 0 fully saturated rings. The fourth-order valence-electron chi connectivity index (χ4n) is 1.60. The second kappa shape index (κ2) is 5.18. The maximum Gasteiger partial charge on any atom is -0.0231 e. The zero-order valence-electron chi connectivity index (χ0n) is 8.34. The molecular weight excluding hydrogens is 144 g/mol. The molecule has 1 unspecified atom stereocenters. The molecule has 1 aliphatic rings. The molecule has 0 saturated carbocycles. The van der Waals surface area contributed by atoms with Crippen LogP contribution in [0, 0.1) is 5.92 Å². The van der Waals surface area contributed by atoms with Crippen molar-refractivity contribution in [2.75, 3.05) is 0 Å². The largest absolute Gasteiger partial charge is 0.0845 e. The molecule has 1 atom stereocenters. The van der Waals surface area contributed by atoms with Gasteiger partial charge in [-0.25, -0.2) is 0 Å². The number of hydrogen-bond donors (Lipinski definition) is 0. The van der Waals surface area contributed by atoms with E-state index in [1.54, 1.807) is 0 Å². The molecule has 0 heterocycles. The van der Waals surface area contributed by atoms with Crippen LogP contribution in [0.2, 0.25) is 0 Å². The Labute approximate surface area is 76.4 Å². The van der Waals surface area contributed by atoms with Crippen molar-refractivity contribution >= 4 is 0 Å². The Kier molecular flexibility index (Phi) is 4.13. The van der Waals surface area contributed by atoms with Crippen molar-refractivity contribution in [2.24, 2.45) is 5.92 Å². The highest BCUT2D eigenvalue weighted by Gasteiger charge is 2.03. The smallest absolute Gasteiger partial charge is 0.0231 e. The number of allylic oxidation sites excluding steroid dienone is 4. The van der Waals surface area contributed by atoms with Gasteiger partial charge < -0.3 is 0 Å². The van der Waals surface area contributed by atoms with Crippen molar-refractivity contribution in [1.29, 1.82) is 0 Å². The molecule has 1 aliphatic carbocycles. The van der Waals surface area contributed by atoms with Gasteiger partial charge in [0.05, 0.1) is 0 Å². The second-order valence-electron chi connectivity index (χ2n) is 3.88. The van der Waals surface area contributed by atoms with E-state index in [0.29, 0.717) is 0 Å². The zero-order chi connectivity index (χ0) is 8.81. The van der Waals surface area contributed by atoms with E-state index < -0.39 is 0 Å². The molecule has 68 valence electrons. The maximum absolute atomic E-state index is 2.33. The molecule has 0 nitrogen and oxygen atoms in total. The summed E-state index contributed by atoms with van der Waals surface area (Å²) in [7, 11) is 0. The van der Waals surface area contributed by atoms with Crippen LogP contribution in [0.15, 0.2) is 23.8 Å². The van der Waals surface area contributed by atoms with Crippen molar-refractivity contribution in [3.63, 3.8) is 0 Å². The second-order valence-corrected chi connectivity index (χ2v) is 3.88. The van der Waals surface area contributed by atoms with Gasteiger partial charge >= 0.3 is 0 Å². The number of hydrogen-bond acceptors (Lipinski definition) is 0. The third-order valence-electron chi connectivity index (χ3n) is 2.78. The average molecular weight is 164 g/mol. The van der Waals surface area contributed by atoms with Crippen LogP contribution in [0.1, 0.15) is 46.0 Å². The first kappa shape index (κ1) is 9.57. The van der Waals surface area contributed by atoms with Gasteiger partial charge in [-0.3, -0.25) is 0 Å². The normalized spacial score (nSPS) is 33.5. The Bertz CT molecular complexity index is 174. The predicted octanol–water partition coefficient (Wildman–Crippen LogP) is 4.09. The van der Waals surface area contributed by atoms with Crippen LogP contribution in [0.5, 0.6) is 0 Å². The van der Waals surface area contributed by atoms with Crippen LogP contribution >= 0.6 is 0 Å². The first-order chi connectivity index (χ1) is 5.80. The van der Waals surface area contributed by atoms with E-state index in [-0.39, 0.29) is 0 Å². The van der Waals surface area contributed by atoms with Gasteiger partial charge in [-0.1, -0.05) is 43.6 Å². The summed E-state index contributed by atoms with van der Waals surface area (Å²) in [6.45, 7) is 4.58. The van der Waals surface area contributed by atoms with Crippen LogP contribution < -0.4 is 0 Å². The monoisotopic (exact) mass is 164 g/mol. The van der Waals surface area contributed by atoms with Crippen molar-refractivity contribution < 1.29 is 0 Å². The molecule has 0 bridgehead atoms. The van der Waals surface area contributed by atoms with Gasteiger partial charge in [0.25, 0.3) is 0 Å². The fourth-order valence-corrected chi connectivity index (χ4v) is 1.60. The summed E-state index contributed by atoms with van der Waals surface area (Å²) in [5.41, 5.74) is 1.54. The summed E-state index contributed by atoms with van der Waals surface area (Å²) in [6.07, 6.45) is 13.6. The van der Waals surface area contributed by atoms with E-state index in [2.05, 4.69) is 32.1 Å². The molecule has 12 heavy (non-hydrogen) atoms. The minimum atomic E-state index is 0.785. The van der Waals surface area contributed by atoms with E-state index in [4.69, 9.17) is 0 Å². The lowest BCUT2D eigenvalue weighted by Gasteiger charge is -2.12. The summed E-state index contributed by atoms with van der Waals surface area (Å²) >= 11 is 0. The van der Waals surface area contributed by atoms with E-state index in [0.717, 1.165) is 5.92 Å². The Morgan fingerprint density at radius 2 is 2.08 bits per heavy atom. The standard InChI is InChI=1S/C12H20/c1-11-9-7-5-3-4-6-8-10-12(11)2/h5,7,9,12H,3-4,6,8,10H2,1-2H3/b7-5-,11-9-. The molecule has 0 heteroatoms. The minimum Gasteiger partial charge on any atom is -0.0845 e. The molecule has 0 saturated heterocycles. The number of rotatable bonds is 0. The Morgan fingerprint density at radius 3 is 2.92 bits per heavy atom. The Morgan fingerprint density at radius 1 is 1.25 bits per heavy atom. The molecule has 0 aliphatic heterocycles. The summed E-state index contributed by atoms with van der Waals surface area (Å²) in [4.78, 5) is 0. The van der Waals surface area contributed by atoms with Crippen LogP contribution in [0.25, 0.3) is 0 Å². The molecule has 1 rings (SSSR count). The van der Waals surface area contributed by atoms with Gasteiger partial charge in [-0.2, -0.15) is 0 Å². The van der Waals surface area contributed by atoms with Crippen LogP contribution in [-0.2, 0) is 0 Å². The van der Waals surface area contributed by atoms with Gasteiger partial charge in [0.15, 0.2) is 0 Å². The van der Waals surface area contributed by atoms with Crippen molar-refractivity contribution in [3.8, 4) is 0 Å². The van der Waals surface area contributed by atoms with Gasteiger partial charge in [0.2, 0.25) is 0 Å². The average Bonchev–Trinajstić information content (AvgIpc) is 2.08. The van der Waals surface area contributed by atoms with Crippen molar-refractivity contribution in [2.45, 2.75) is 46.0 Å². The maximum atomic E-state index is 2.33. The topological polar surface area (TPSA) is 0 Å². The van der Waals surface area contributed by atoms with Crippen LogP contribution in [0.3, 0.4) is 0 Å². The molecule has 0 radical (unpaired) electrons. The van der Waals surface area contributed by atoms with Crippen molar-refractivity contribution in [1.82, 2.24) is 0 Å². The van der Waals surface area contributed by atoms with E-state index in [9.17, 15) is 0 Å². The fraction of sp³-hybridized carbons (Fsp3) is 0.667.